The van der Waals surface area contributed by atoms with Gasteiger partial charge in [0.05, 0.1) is 0 Å². The second-order valence-electron chi connectivity index (χ2n) is 4.44. The van der Waals surface area contributed by atoms with Gasteiger partial charge in [-0.2, -0.15) is 0 Å². The molecule has 1 aromatic heterocycles. The van der Waals surface area contributed by atoms with Crippen LogP contribution in [0.1, 0.15) is 27.4 Å². The molecule has 104 valence electrons. The molecule has 2 aromatic rings. The summed E-state index contributed by atoms with van der Waals surface area (Å²) in [6.07, 6.45) is 0. The van der Waals surface area contributed by atoms with E-state index in [9.17, 15) is 9.59 Å². The minimum absolute atomic E-state index is 0.000648. The average molecular weight is 274 g/mol. The van der Waals surface area contributed by atoms with Crippen LogP contribution < -0.4 is 10.3 Å². The van der Waals surface area contributed by atoms with E-state index < -0.39 is 11.5 Å². The van der Waals surface area contributed by atoms with E-state index in [1.807, 2.05) is 32.0 Å². The number of hydrogen-bond donors (Lipinski definition) is 2. The minimum atomic E-state index is -1.25. The standard InChI is InChI=1S/C14H14N2O4/c1-8-3-4-9(2)11(5-8)20-7-12-15-10(14(18)19)6-13(17)16-12/h3-6H,7H2,1-2H3,(H,18,19)(H,15,16,17). The highest BCUT2D eigenvalue weighted by Gasteiger charge is 2.09. The van der Waals surface area contributed by atoms with Crippen molar-refractivity contribution in [2.75, 3.05) is 0 Å². The van der Waals surface area contributed by atoms with E-state index >= 15 is 0 Å². The Balaban J connectivity index is 2.20. The Morgan fingerprint density at radius 1 is 1.35 bits per heavy atom. The SMILES string of the molecule is Cc1ccc(C)c(OCc2nc(C(=O)O)cc(=O)[nH]2)c1. The van der Waals surface area contributed by atoms with Crippen molar-refractivity contribution in [3.63, 3.8) is 0 Å². The molecular weight excluding hydrogens is 260 g/mol. The van der Waals surface area contributed by atoms with Crippen LogP contribution in [-0.2, 0) is 6.61 Å². The van der Waals surface area contributed by atoms with E-state index in [2.05, 4.69) is 9.97 Å². The van der Waals surface area contributed by atoms with Gasteiger partial charge >= 0.3 is 5.97 Å². The van der Waals surface area contributed by atoms with E-state index in [-0.39, 0.29) is 18.1 Å². The van der Waals surface area contributed by atoms with Gasteiger partial charge in [-0.25, -0.2) is 9.78 Å². The van der Waals surface area contributed by atoms with Crippen LogP contribution in [-0.4, -0.2) is 21.0 Å². The zero-order valence-electron chi connectivity index (χ0n) is 11.1. The third-order valence-corrected chi connectivity index (χ3v) is 2.72. The smallest absolute Gasteiger partial charge is 0.354 e. The van der Waals surface area contributed by atoms with E-state index in [1.54, 1.807) is 0 Å². The Hall–Kier alpha value is -2.63. The molecule has 0 aliphatic heterocycles. The Bertz CT molecular complexity index is 707. The van der Waals surface area contributed by atoms with Crippen LogP contribution >= 0.6 is 0 Å². The summed E-state index contributed by atoms with van der Waals surface area (Å²) in [6, 6.07) is 6.69. The van der Waals surface area contributed by atoms with Gasteiger partial charge in [0.25, 0.3) is 5.56 Å². The normalized spacial score (nSPS) is 10.3. The van der Waals surface area contributed by atoms with Crippen molar-refractivity contribution >= 4 is 5.97 Å². The quantitative estimate of drug-likeness (QED) is 0.884. The summed E-state index contributed by atoms with van der Waals surface area (Å²) in [5.74, 6) is -0.395. The van der Waals surface area contributed by atoms with Crippen molar-refractivity contribution in [2.45, 2.75) is 20.5 Å². The first-order valence-electron chi connectivity index (χ1n) is 5.99. The number of benzene rings is 1. The number of aromatic amines is 1. The van der Waals surface area contributed by atoms with E-state index in [1.165, 1.54) is 0 Å². The predicted molar refractivity (Wildman–Crippen MR) is 72.1 cm³/mol. The Morgan fingerprint density at radius 2 is 2.10 bits per heavy atom. The van der Waals surface area contributed by atoms with Gasteiger partial charge in [-0.1, -0.05) is 12.1 Å². The van der Waals surface area contributed by atoms with Crippen LogP contribution in [0.5, 0.6) is 5.75 Å². The fourth-order valence-electron chi connectivity index (χ4n) is 1.69. The molecule has 6 nitrogen and oxygen atoms in total. The van der Waals surface area contributed by atoms with Gasteiger partial charge in [-0.05, 0) is 31.0 Å². The molecule has 0 aliphatic rings. The van der Waals surface area contributed by atoms with Gasteiger partial charge in [0.2, 0.25) is 0 Å². The van der Waals surface area contributed by atoms with Gasteiger partial charge in [0.15, 0.2) is 5.69 Å². The third-order valence-electron chi connectivity index (χ3n) is 2.72. The maximum absolute atomic E-state index is 11.3. The maximum Gasteiger partial charge on any atom is 0.354 e. The molecule has 1 aromatic carbocycles. The van der Waals surface area contributed by atoms with Crippen molar-refractivity contribution in [3.8, 4) is 5.75 Å². The lowest BCUT2D eigenvalue weighted by molar-refractivity contribution is 0.0689. The van der Waals surface area contributed by atoms with Gasteiger partial charge in [-0.3, -0.25) is 4.79 Å². The highest BCUT2D eigenvalue weighted by atomic mass is 16.5. The van der Waals surface area contributed by atoms with Crippen LogP contribution in [0.15, 0.2) is 29.1 Å². The number of H-pyrrole nitrogens is 1. The highest BCUT2D eigenvalue weighted by molar-refractivity contribution is 5.85. The number of carboxylic acids is 1. The molecule has 0 atom stereocenters. The predicted octanol–water partition coefficient (Wildman–Crippen LogP) is 1.66. The average Bonchev–Trinajstić information content (AvgIpc) is 2.39. The maximum atomic E-state index is 11.3. The summed E-state index contributed by atoms with van der Waals surface area (Å²) in [6.45, 7) is 3.84. The summed E-state index contributed by atoms with van der Waals surface area (Å²) < 4.78 is 5.57. The minimum Gasteiger partial charge on any atom is -0.485 e. The number of nitrogens with one attached hydrogen (secondary N) is 1. The Kier molecular flexibility index (Phi) is 3.84. The number of carbonyl (C=O) groups is 1. The molecule has 2 N–H and O–H groups in total. The Labute approximate surface area is 115 Å². The first kappa shape index (κ1) is 13.8. The lowest BCUT2D eigenvalue weighted by Crippen LogP contribution is -2.17. The van der Waals surface area contributed by atoms with Gasteiger partial charge < -0.3 is 14.8 Å². The second kappa shape index (κ2) is 5.56. The first-order valence-corrected chi connectivity index (χ1v) is 5.99. The summed E-state index contributed by atoms with van der Waals surface area (Å²) in [4.78, 5) is 28.4. The molecule has 0 saturated carbocycles. The third kappa shape index (κ3) is 3.23. The Morgan fingerprint density at radius 3 is 2.80 bits per heavy atom. The molecule has 0 spiro atoms. The van der Waals surface area contributed by atoms with Crippen molar-refractivity contribution in [1.29, 1.82) is 0 Å². The molecule has 0 unspecified atom stereocenters. The van der Waals surface area contributed by atoms with Crippen molar-refractivity contribution in [2.24, 2.45) is 0 Å². The zero-order valence-corrected chi connectivity index (χ0v) is 11.1. The summed E-state index contributed by atoms with van der Waals surface area (Å²) in [5.41, 5.74) is 1.18. The molecule has 0 bridgehead atoms. The number of ether oxygens (including phenoxy) is 1. The fraction of sp³-hybridized carbons (Fsp3) is 0.214. The van der Waals surface area contributed by atoms with Crippen LogP contribution in [0.3, 0.4) is 0 Å². The largest absolute Gasteiger partial charge is 0.485 e. The number of rotatable bonds is 4. The number of aromatic carboxylic acids is 1. The topological polar surface area (TPSA) is 92.3 Å². The fourth-order valence-corrected chi connectivity index (χ4v) is 1.69. The number of carboxylic acid groups (broad SMARTS) is 1. The van der Waals surface area contributed by atoms with Crippen molar-refractivity contribution in [1.82, 2.24) is 9.97 Å². The highest BCUT2D eigenvalue weighted by Crippen LogP contribution is 2.19. The summed E-state index contributed by atoms with van der Waals surface area (Å²) >= 11 is 0. The summed E-state index contributed by atoms with van der Waals surface area (Å²) in [7, 11) is 0. The molecule has 0 radical (unpaired) electrons. The van der Waals surface area contributed by atoms with Crippen LogP contribution in [0, 0.1) is 13.8 Å². The van der Waals surface area contributed by atoms with E-state index in [0.29, 0.717) is 5.75 Å². The van der Waals surface area contributed by atoms with Crippen LogP contribution in [0.2, 0.25) is 0 Å². The zero-order chi connectivity index (χ0) is 14.7. The monoisotopic (exact) mass is 274 g/mol. The molecule has 20 heavy (non-hydrogen) atoms. The molecule has 0 fully saturated rings. The lowest BCUT2D eigenvalue weighted by Gasteiger charge is -2.09. The molecule has 6 heteroatoms. The number of nitrogens with zero attached hydrogens (tertiary/aromatic N) is 1. The van der Waals surface area contributed by atoms with Gasteiger partial charge in [0, 0.05) is 6.07 Å². The number of aryl methyl sites for hydroxylation is 2. The molecule has 0 saturated heterocycles. The van der Waals surface area contributed by atoms with Gasteiger partial charge in [0.1, 0.15) is 18.2 Å². The summed E-state index contributed by atoms with van der Waals surface area (Å²) in [5, 5.41) is 8.84. The number of hydrogen-bond acceptors (Lipinski definition) is 4. The lowest BCUT2D eigenvalue weighted by atomic mass is 10.1. The second-order valence-corrected chi connectivity index (χ2v) is 4.44. The molecule has 1 heterocycles. The molecular formula is C14H14N2O4. The van der Waals surface area contributed by atoms with Gasteiger partial charge in [-0.15, -0.1) is 0 Å². The number of aromatic nitrogens is 2. The van der Waals surface area contributed by atoms with Crippen LogP contribution in [0.25, 0.3) is 0 Å². The van der Waals surface area contributed by atoms with Crippen molar-refractivity contribution < 1.29 is 14.6 Å². The first-order chi connectivity index (χ1) is 9.45. The van der Waals surface area contributed by atoms with Crippen molar-refractivity contribution in [3.05, 3.63) is 57.3 Å². The molecule has 0 amide bonds. The van der Waals surface area contributed by atoms with E-state index in [4.69, 9.17) is 9.84 Å². The van der Waals surface area contributed by atoms with Crippen LogP contribution in [0.4, 0.5) is 0 Å². The molecule has 2 rings (SSSR count). The molecule has 0 aliphatic carbocycles. The van der Waals surface area contributed by atoms with E-state index in [0.717, 1.165) is 17.2 Å².